The zero-order valence-electron chi connectivity index (χ0n) is 21.9. The van der Waals surface area contributed by atoms with Crippen LogP contribution in [-0.4, -0.2) is 22.1 Å². The Labute approximate surface area is 207 Å². The van der Waals surface area contributed by atoms with Gasteiger partial charge in [-0.1, -0.05) is 60.6 Å². The third kappa shape index (κ3) is 5.53. The number of aromatic amines is 1. The van der Waals surface area contributed by atoms with Gasteiger partial charge in [-0.2, -0.15) is 0 Å². The molecule has 3 N–H and O–H groups in total. The number of ether oxygens (including phenoxy) is 1. The van der Waals surface area contributed by atoms with Crippen LogP contribution in [-0.2, 0) is 15.6 Å². The molecule has 3 aromatic rings. The van der Waals surface area contributed by atoms with Gasteiger partial charge in [0.1, 0.15) is 11.5 Å². The van der Waals surface area contributed by atoms with E-state index in [9.17, 15) is 14.7 Å². The number of nitrogens with one attached hydrogen (secondary N) is 2. The van der Waals surface area contributed by atoms with E-state index in [1.165, 1.54) is 17.7 Å². The molecule has 0 aliphatic heterocycles. The molecule has 1 amide bonds. The van der Waals surface area contributed by atoms with E-state index in [2.05, 4.69) is 64.0 Å². The van der Waals surface area contributed by atoms with Crippen LogP contribution in [0.15, 0.2) is 47.3 Å². The largest absolute Gasteiger partial charge is 0.505 e. The van der Waals surface area contributed by atoms with Crippen molar-refractivity contribution in [2.75, 3.05) is 5.32 Å². The second kappa shape index (κ2) is 10.1. The molecule has 0 bridgehead atoms. The molecule has 188 valence electrons. The van der Waals surface area contributed by atoms with Crippen molar-refractivity contribution in [3.05, 3.63) is 63.9 Å². The number of hydrogen-bond acceptors (Lipinski definition) is 4. The summed E-state index contributed by atoms with van der Waals surface area (Å²) in [6, 6.07) is 12.4. The van der Waals surface area contributed by atoms with Crippen molar-refractivity contribution in [1.29, 1.82) is 0 Å². The minimum atomic E-state index is -0.739. The molecule has 6 nitrogen and oxygen atoms in total. The number of amides is 1. The van der Waals surface area contributed by atoms with Gasteiger partial charge in [-0.25, -0.2) is 0 Å². The predicted octanol–water partition coefficient (Wildman–Crippen LogP) is 6.41. The molecule has 3 rings (SSSR count). The Morgan fingerprint density at radius 2 is 1.69 bits per heavy atom. The lowest BCUT2D eigenvalue weighted by molar-refractivity contribution is -0.122. The van der Waals surface area contributed by atoms with Crippen molar-refractivity contribution in [3.63, 3.8) is 0 Å². The maximum atomic E-state index is 13.2. The molecule has 0 radical (unpaired) electrons. The number of anilines is 1. The quantitative estimate of drug-likeness (QED) is 0.310. The Balaban J connectivity index is 1.92. The summed E-state index contributed by atoms with van der Waals surface area (Å²) in [6.07, 6.45) is 1.66. The number of phenols is 1. The summed E-state index contributed by atoms with van der Waals surface area (Å²) in [4.78, 5) is 27.4. The highest BCUT2D eigenvalue weighted by Gasteiger charge is 2.29. The molecule has 0 fully saturated rings. The summed E-state index contributed by atoms with van der Waals surface area (Å²) in [6.45, 7) is 15.1. The van der Waals surface area contributed by atoms with Crippen LogP contribution in [0.2, 0.25) is 0 Å². The molecule has 2 aromatic carbocycles. The number of carbonyl (C=O) groups is 1. The van der Waals surface area contributed by atoms with E-state index < -0.39 is 6.10 Å². The first-order valence-corrected chi connectivity index (χ1v) is 12.4. The number of rotatable bonds is 9. The van der Waals surface area contributed by atoms with E-state index in [0.717, 1.165) is 18.4 Å². The molecule has 1 heterocycles. The second-order valence-electron chi connectivity index (χ2n) is 10.4. The van der Waals surface area contributed by atoms with Gasteiger partial charge in [0.15, 0.2) is 6.10 Å². The van der Waals surface area contributed by atoms with E-state index in [-0.39, 0.29) is 33.7 Å². The molecule has 0 saturated carbocycles. The first-order chi connectivity index (χ1) is 16.4. The smallest absolute Gasteiger partial charge is 0.265 e. The molecule has 6 heteroatoms. The van der Waals surface area contributed by atoms with Gasteiger partial charge in [0, 0.05) is 17.0 Å². The first kappa shape index (κ1) is 26.3. The van der Waals surface area contributed by atoms with E-state index >= 15 is 0 Å². The summed E-state index contributed by atoms with van der Waals surface area (Å²) in [7, 11) is 0. The minimum absolute atomic E-state index is 0.0382. The number of fused-ring (bicyclic) bond motifs is 1. The summed E-state index contributed by atoms with van der Waals surface area (Å²) < 4.78 is 6.32. The normalized spacial score (nSPS) is 13.0. The molecule has 1 unspecified atom stereocenters. The molecule has 0 spiro atoms. The van der Waals surface area contributed by atoms with Crippen LogP contribution in [0.4, 0.5) is 5.69 Å². The average Bonchev–Trinajstić information content (AvgIpc) is 2.83. The summed E-state index contributed by atoms with van der Waals surface area (Å²) in [5, 5.41) is 13.9. The molecule has 1 atom stereocenters. The zero-order valence-corrected chi connectivity index (χ0v) is 21.9. The summed E-state index contributed by atoms with van der Waals surface area (Å²) >= 11 is 0. The lowest BCUT2D eigenvalue weighted by Gasteiger charge is -2.31. The maximum absolute atomic E-state index is 13.2. The Hall–Kier alpha value is -3.28. The van der Waals surface area contributed by atoms with Crippen molar-refractivity contribution in [1.82, 2.24) is 4.98 Å². The minimum Gasteiger partial charge on any atom is -0.505 e. The number of pyridine rings is 1. The number of aromatic nitrogens is 1. The Bertz CT molecular complexity index is 1270. The van der Waals surface area contributed by atoms with E-state index in [1.807, 2.05) is 13.0 Å². The zero-order chi connectivity index (χ0) is 26.0. The molecular weight excluding hydrogens is 440 g/mol. The number of H-pyrrole nitrogens is 1. The van der Waals surface area contributed by atoms with Crippen LogP contribution < -0.4 is 15.6 Å². The van der Waals surface area contributed by atoms with Gasteiger partial charge in [-0.3, -0.25) is 9.59 Å². The lowest BCUT2D eigenvalue weighted by Crippen LogP contribution is -2.33. The fourth-order valence-electron chi connectivity index (χ4n) is 3.99. The molecule has 0 aliphatic rings. The van der Waals surface area contributed by atoms with Crippen molar-refractivity contribution in [2.45, 2.75) is 84.7 Å². The highest BCUT2D eigenvalue weighted by Crippen LogP contribution is 2.39. The van der Waals surface area contributed by atoms with Crippen LogP contribution in [0.1, 0.15) is 78.9 Å². The number of phenolic OH excluding ortho intramolecular Hbond substituents is 1. The van der Waals surface area contributed by atoms with Crippen LogP contribution in [0.3, 0.4) is 0 Å². The fourth-order valence-corrected chi connectivity index (χ4v) is 3.99. The summed E-state index contributed by atoms with van der Waals surface area (Å²) in [5.74, 6) is 0.264. The van der Waals surface area contributed by atoms with Crippen molar-refractivity contribution >= 4 is 22.5 Å². The molecule has 0 aliphatic carbocycles. The molecule has 0 saturated heterocycles. The average molecular weight is 479 g/mol. The fraction of sp³-hybridized carbons (Fsp3) is 0.448. The Kier molecular flexibility index (Phi) is 7.63. The SMILES string of the molecule is CCC(Oc1ccc(C(C)(C)CC)cc1C(C)(C)CC)C(=O)Nc1ccc2[nH]c(=O)ccc2c1O. The third-order valence-corrected chi connectivity index (χ3v) is 7.32. The molecular formula is C29H38N2O4. The van der Waals surface area contributed by atoms with Crippen LogP contribution in [0, 0.1) is 0 Å². The lowest BCUT2D eigenvalue weighted by atomic mass is 9.76. The number of aromatic hydroxyl groups is 1. The van der Waals surface area contributed by atoms with Gasteiger partial charge in [-0.05, 0) is 59.9 Å². The number of benzene rings is 2. The first-order valence-electron chi connectivity index (χ1n) is 12.4. The van der Waals surface area contributed by atoms with Gasteiger partial charge >= 0.3 is 0 Å². The predicted molar refractivity (Wildman–Crippen MR) is 143 cm³/mol. The van der Waals surface area contributed by atoms with E-state index in [4.69, 9.17) is 4.74 Å². The monoisotopic (exact) mass is 478 g/mol. The van der Waals surface area contributed by atoms with Gasteiger partial charge in [0.05, 0.1) is 11.2 Å². The standard InChI is InChI=1S/C29H38N2O4/c1-8-23(27(34)31-22-14-13-21-19(26(22)33)12-16-25(32)30-21)35-24-15-11-18(28(4,5)9-2)17-20(24)29(6,7)10-3/h11-17,23,33H,8-10H2,1-7H3,(H,30,32)(H,31,34). The highest BCUT2D eigenvalue weighted by atomic mass is 16.5. The van der Waals surface area contributed by atoms with Gasteiger partial charge in [0.2, 0.25) is 5.56 Å². The topological polar surface area (TPSA) is 91.4 Å². The van der Waals surface area contributed by atoms with Crippen molar-refractivity contribution < 1.29 is 14.6 Å². The molecule has 1 aromatic heterocycles. The maximum Gasteiger partial charge on any atom is 0.265 e. The number of hydrogen-bond donors (Lipinski definition) is 3. The second-order valence-corrected chi connectivity index (χ2v) is 10.4. The highest BCUT2D eigenvalue weighted by molar-refractivity contribution is 6.00. The van der Waals surface area contributed by atoms with Gasteiger partial charge in [0.25, 0.3) is 5.91 Å². The van der Waals surface area contributed by atoms with E-state index in [1.54, 1.807) is 12.1 Å². The Morgan fingerprint density at radius 1 is 1.00 bits per heavy atom. The third-order valence-electron chi connectivity index (χ3n) is 7.32. The number of carbonyl (C=O) groups excluding carboxylic acids is 1. The Morgan fingerprint density at radius 3 is 2.31 bits per heavy atom. The molecule has 35 heavy (non-hydrogen) atoms. The van der Waals surface area contributed by atoms with Gasteiger partial charge < -0.3 is 20.1 Å². The summed E-state index contributed by atoms with van der Waals surface area (Å²) in [5.41, 5.74) is 2.76. The van der Waals surface area contributed by atoms with Crippen molar-refractivity contribution in [2.24, 2.45) is 0 Å². The van der Waals surface area contributed by atoms with Gasteiger partial charge in [-0.15, -0.1) is 0 Å². The van der Waals surface area contributed by atoms with Crippen molar-refractivity contribution in [3.8, 4) is 11.5 Å². The van der Waals surface area contributed by atoms with Crippen LogP contribution in [0.25, 0.3) is 10.9 Å². The van der Waals surface area contributed by atoms with Crippen LogP contribution in [0.5, 0.6) is 11.5 Å². The van der Waals surface area contributed by atoms with Crippen LogP contribution >= 0.6 is 0 Å². The van der Waals surface area contributed by atoms with E-state index in [0.29, 0.717) is 23.1 Å².